The molecule has 0 bridgehead atoms. The Morgan fingerprint density at radius 1 is 1.00 bits per heavy atom. The topological polar surface area (TPSA) is 29.5 Å². The second-order valence-electron chi connectivity index (χ2n) is 5.88. The number of carbonyl (C=O) groups excluding carboxylic acids is 1. The molecule has 112 valence electrons. The molecule has 0 fully saturated rings. The minimum atomic E-state index is -0.571. The average molecular weight is 358 g/mol. The molecular weight excluding hydrogens is 341 g/mol. The summed E-state index contributed by atoms with van der Waals surface area (Å²) < 4.78 is 6.46. The predicted octanol–water partition coefficient (Wildman–Crippen LogP) is 4.32. The fourth-order valence-corrected chi connectivity index (χ4v) is 2.15. The number of hydrogen-bond donors (Lipinski definition) is 0. The highest BCUT2D eigenvalue weighted by Crippen LogP contribution is 2.28. The first-order chi connectivity index (χ1) is 10.3. The van der Waals surface area contributed by atoms with Crippen LogP contribution >= 0.6 is 15.9 Å². The third-order valence-corrected chi connectivity index (χ3v) is 3.34. The maximum Gasteiger partial charge on any atom is 0.419 e. The maximum atomic E-state index is 12.6. The van der Waals surface area contributed by atoms with Crippen molar-refractivity contribution in [3.8, 4) is 0 Å². The third-order valence-electron chi connectivity index (χ3n) is 2.81. The summed E-state index contributed by atoms with van der Waals surface area (Å²) in [5.41, 5.74) is 1.50. The smallest absolute Gasteiger partial charge is 0.419 e. The van der Waals surface area contributed by atoms with Gasteiger partial charge in [0, 0.05) is 4.47 Å². The molecule has 5 heteroatoms. The summed E-state index contributed by atoms with van der Waals surface area (Å²) in [7, 11) is 5.72. The summed E-state index contributed by atoms with van der Waals surface area (Å²) in [5.74, 6) is 0. The Morgan fingerprint density at radius 2 is 1.45 bits per heavy atom. The van der Waals surface area contributed by atoms with Crippen LogP contribution in [0.15, 0.2) is 53.0 Å². The molecule has 0 N–H and O–H groups in total. The SMILES string of the molecule is [B]c1ccc(N(C(=O)OC(C)(C)C)c2ccc(Br)cc2)cc1. The molecule has 0 saturated heterocycles. The van der Waals surface area contributed by atoms with E-state index >= 15 is 0 Å². The molecule has 0 atom stereocenters. The lowest BCUT2D eigenvalue weighted by Gasteiger charge is -2.27. The monoisotopic (exact) mass is 357 g/mol. The maximum absolute atomic E-state index is 12.6. The molecule has 0 aliphatic rings. The Hall–Kier alpha value is -1.75. The van der Waals surface area contributed by atoms with Gasteiger partial charge in [0.15, 0.2) is 0 Å². The van der Waals surface area contributed by atoms with Crippen LogP contribution in [0.25, 0.3) is 0 Å². The number of rotatable bonds is 2. The fraction of sp³-hybridized carbons (Fsp3) is 0.235. The van der Waals surface area contributed by atoms with E-state index < -0.39 is 11.7 Å². The Balaban J connectivity index is 2.42. The van der Waals surface area contributed by atoms with E-state index in [1.165, 1.54) is 4.90 Å². The number of nitrogens with zero attached hydrogens (tertiary/aromatic N) is 1. The molecule has 0 spiro atoms. The molecule has 0 unspecified atom stereocenters. The number of amides is 1. The van der Waals surface area contributed by atoms with Crippen LogP contribution in [-0.4, -0.2) is 19.5 Å². The summed E-state index contributed by atoms with van der Waals surface area (Å²) in [6.45, 7) is 5.52. The standard InChI is InChI=1S/C17H17BBrNO2/c1-17(2,3)22-16(21)20(14-8-4-12(18)5-9-14)15-10-6-13(19)7-11-15/h4-11H,1-3H3. The zero-order valence-corrected chi connectivity index (χ0v) is 14.4. The average Bonchev–Trinajstić information content (AvgIpc) is 2.41. The molecule has 1 amide bonds. The van der Waals surface area contributed by atoms with Gasteiger partial charge in [0.25, 0.3) is 0 Å². The van der Waals surface area contributed by atoms with Gasteiger partial charge in [-0.1, -0.05) is 33.5 Å². The zero-order chi connectivity index (χ0) is 16.3. The van der Waals surface area contributed by atoms with Crippen LogP contribution < -0.4 is 10.4 Å². The van der Waals surface area contributed by atoms with E-state index in [-0.39, 0.29) is 0 Å². The van der Waals surface area contributed by atoms with Crippen LogP contribution in [0.3, 0.4) is 0 Å². The van der Waals surface area contributed by atoms with Crippen molar-refractivity contribution < 1.29 is 9.53 Å². The van der Waals surface area contributed by atoms with E-state index in [2.05, 4.69) is 15.9 Å². The van der Waals surface area contributed by atoms with Gasteiger partial charge in [-0.25, -0.2) is 9.69 Å². The molecule has 0 saturated carbocycles. The first-order valence-corrected chi connectivity index (χ1v) is 7.70. The zero-order valence-electron chi connectivity index (χ0n) is 12.8. The van der Waals surface area contributed by atoms with Gasteiger partial charge in [-0.2, -0.15) is 0 Å². The van der Waals surface area contributed by atoms with Crippen LogP contribution in [0.5, 0.6) is 0 Å². The van der Waals surface area contributed by atoms with Crippen molar-refractivity contribution in [1.29, 1.82) is 0 Å². The molecule has 0 aromatic heterocycles. The van der Waals surface area contributed by atoms with Crippen LogP contribution in [0.2, 0.25) is 0 Å². The summed E-state index contributed by atoms with van der Waals surface area (Å²) >= 11 is 3.39. The molecule has 22 heavy (non-hydrogen) atoms. The van der Waals surface area contributed by atoms with Gasteiger partial charge in [0.2, 0.25) is 0 Å². The highest BCUT2D eigenvalue weighted by atomic mass is 79.9. The predicted molar refractivity (Wildman–Crippen MR) is 94.3 cm³/mol. The number of halogens is 1. The van der Waals surface area contributed by atoms with E-state index in [0.717, 1.165) is 10.2 Å². The van der Waals surface area contributed by atoms with E-state index in [4.69, 9.17) is 12.6 Å². The third kappa shape index (κ3) is 4.37. The normalized spacial score (nSPS) is 11.1. The van der Waals surface area contributed by atoms with Crippen LogP contribution in [0, 0.1) is 0 Å². The van der Waals surface area contributed by atoms with Crippen LogP contribution in [0.4, 0.5) is 16.2 Å². The van der Waals surface area contributed by atoms with Gasteiger partial charge in [-0.3, -0.25) is 0 Å². The summed E-state index contributed by atoms with van der Waals surface area (Å²) in [6, 6.07) is 14.6. The van der Waals surface area contributed by atoms with Crippen molar-refractivity contribution in [3.63, 3.8) is 0 Å². The highest BCUT2D eigenvalue weighted by molar-refractivity contribution is 9.10. The molecule has 3 nitrogen and oxygen atoms in total. The quantitative estimate of drug-likeness (QED) is 0.749. The lowest BCUT2D eigenvalue weighted by molar-refractivity contribution is 0.0599. The molecule has 0 aliphatic carbocycles. The molecule has 2 rings (SSSR count). The van der Waals surface area contributed by atoms with Crippen molar-refractivity contribution in [2.75, 3.05) is 4.90 Å². The van der Waals surface area contributed by atoms with Gasteiger partial charge in [0.05, 0.1) is 11.4 Å². The summed E-state index contributed by atoms with van der Waals surface area (Å²) in [6.07, 6.45) is -0.431. The van der Waals surface area contributed by atoms with Gasteiger partial charge in [-0.05, 0) is 57.2 Å². The van der Waals surface area contributed by atoms with Crippen molar-refractivity contribution in [3.05, 3.63) is 53.0 Å². The van der Waals surface area contributed by atoms with Gasteiger partial charge in [0.1, 0.15) is 13.4 Å². The van der Waals surface area contributed by atoms with Crippen molar-refractivity contribution in [1.82, 2.24) is 0 Å². The Morgan fingerprint density at radius 3 is 1.91 bits per heavy atom. The van der Waals surface area contributed by atoms with Gasteiger partial charge in [-0.15, -0.1) is 0 Å². The van der Waals surface area contributed by atoms with Crippen molar-refractivity contribution in [2.24, 2.45) is 0 Å². The minimum Gasteiger partial charge on any atom is -0.443 e. The van der Waals surface area contributed by atoms with Crippen LogP contribution in [-0.2, 0) is 4.74 Å². The first kappa shape index (κ1) is 16.6. The number of carbonyl (C=O) groups is 1. The van der Waals surface area contributed by atoms with E-state index in [9.17, 15) is 4.79 Å². The van der Waals surface area contributed by atoms with E-state index in [1.807, 2.05) is 45.0 Å². The molecule has 2 aromatic rings. The number of ether oxygens (including phenoxy) is 1. The second-order valence-corrected chi connectivity index (χ2v) is 6.80. The lowest BCUT2D eigenvalue weighted by Crippen LogP contribution is -2.34. The summed E-state index contributed by atoms with van der Waals surface area (Å²) in [5, 5.41) is 0. The highest BCUT2D eigenvalue weighted by Gasteiger charge is 2.24. The van der Waals surface area contributed by atoms with Crippen molar-refractivity contribution >= 4 is 46.7 Å². The van der Waals surface area contributed by atoms with Crippen LogP contribution in [0.1, 0.15) is 20.8 Å². The fourth-order valence-electron chi connectivity index (χ4n) is 1.88. The Bertz CT molecular complexity index is 602. The Labute approximate surface area is 140 Å². The number of hydrogen-bond acceptors (Lipinski definition) is 2. The lowest BCUT2D eigenvalue weighted by atomic mass is 9.96. The summed E-state index contributed by atoms with van der Waals surface area (Å²) in [4.78, 5) is 14.1. The molecule has 0 heterocycles. The van der Waals surface area contributed by atoms with E-state index in [1.54, 1.807) is 24.3 Å². The Kier molecular flexibility index (Phi) is 4.96. The number of anilines is 2. The van der Waals surface area contributed by atoms with Crippen molar-refractivity contribution in [2.45, 2.75) is 26.4 Å². The van der Waals surface area contributed by atoms with E-state index in [0.29, 0.717) is 11.2 Å². The van der Waals surface area contributed by atoms with Gasteiger partial charge >= 0.3 is 6.09 Å². The molecule has 2 radical (unpaired) electrons. The number of benzene rings is 2. The minimum absolute atomic E-state index is 0.431. The largest absolute Gasteiger partial charge is 0.443 e. The first-order valence-electron chi connectivity index (χ1n) is 6.90. The molecule has 0 aliphatic heterocycles. The molecular formula is C17H17BBrNO2. The second kappa shape index (κ2) is 6.57. The molecule has 2 aromatic carbocycles. The van der Waals surface area contributed by atoms with Gasteiger partial charge < -0.3 is 4.74 Å².